The molecule has 0 atom stereocenters. The van der Waals surface area contributed by atoms with E-state index in [0.717, 1.165) is 5.69 Å². The first-order valence-electron chi connectivity index (χ1n) is 9.09. The van der Waals surface area contributed by atoms with Crippen LogP contribution in [-0.2, 0) is 11.3 Å². The summed E-state index contributed by atoms with van der Waals surface area (Å²) >= 11 is 0. The Morgan fingerprint density at radius 3 is 2.73 bits per heavy atom. The van der Waals surface area contributed by atoms with Gasteiger partial charge in [0, 0.05) is 5.69 Å². The number of nitrogens with two attached hydrogens (primary N) is 1. The number of nitrogen functional groups attached to an aromatic ring is 1. The number of esters is 1. The number of para-hydroxylation sites is 1. The summed E-state index contributed by atoms with van der Waals surface area (Å²) in [4.78, 5) is 24.8. The van der Waals surface area contributed by atoms with Crippen LogP contribution in [0.3, 0.4) is 0 Å². The second-order valence-corrected chi connectivity index (χ2v) is 6.20. The Morgan fingerprint density at radius 2 is 1.93 bits per heavy atom. The third-order valence-corrected chi connectivity index (χ3v) is 4.12. The zero-order chi connectivity index (χ0) is 20.9. The van der Waals surface area contributed by atoms with Crippen molar-refractivity contribution in [2.45, 2.75) is 6.61 Å². The Morgan fingerprint density at radius 1 is 1.13 bits per heavy atom. The van der Waals surface area contributed by atoms with E-state index >= 15 is 0 Å². The highest BCUT2D eigenvalue weighted by Gasteiger charge is 2.22. The first-order chi connectivity index (χ1) is 14.6. The molecule has 2 heterocycles. The van der Waals surface area contributed by atoms with E-state index in [-0.39, 0.29) is 29.9 Å². The molecular weight excluding hydrogens is 390 g/mol. The lowest BCUT2D eigenvalue weighted by Gasteiger charge is -2.21. The van der Waals surface area contributed by atoms with E-state index in [2.05, 4.69) is 20.3 Å². The summed E-state index contributed by atoms with van der Waals surface area (Å²) in [5.41, 5.74) is 6.79. The monoisotopic (exact) mass is 409 g/mol. The average molecular weight is 409 g/mol. The summed E-state index contributed by atoms with van der Waals surface area (Å²) in [6, 6.07) is 12.4. The van der Waals surface area contributed by atoms with Gasteiger partial charge in [-0.3, -0.25) is 0 Å². The molecule has 4 rings (SSSR count). The Kier molecular flexibility index (Phi) is 5.46. The quantitative estimate of drug-likeness (QED) is 0.585. The van der Waals surface area contributed by atoms with E-state index < -0.39 is 5.97 Å². The molecule has 1 aliphatic rings. The van der Waals surface area contributed by atoms with E-state index in [1.54, 1.807) is 6.07 Å². The Balaban J connectivity index is 1.47. The molecule has 30 heavy (non-hydrogen) atoms. The third-order valence-electron chi connectivity index (χ3n) is 4.12. The van der Waals surface area contributed by atoms with Crippen molar-refractivity contribution in [1.82, 2.24) is 15.0 Å². The number of carbonyl (C=O) groups excluding carboxylic acids is 1. The number of rotatable bonds is 6. The number of fused-ring (bicyclic) bond motifs is 1. The second kappa shape index (κ2) is 8.52. The molecule has 154 valence electrons. The van der Waals surface area contributed by atoms with Gasteiger partial charge in [-0.25, -0.2) is 4.79 Å². The molecule has 0 aliphatic carbocycles. The van der Waals surface area contributed by atoms with E-state index in [9.17, 15) is 4.79 Å². The maximum absolute atomic E-state index is 12.5. The van der Waals surface area contributed by atoms with Gasteiger partial charge >= 0.3 is 5.97 Å². The van der Waals surface area contributed by atoms with Crippen LogP contribution in [0.25, 0.3) is 0 Å². The van der Waals surface area contributed by atoms with Gasteiger partial charge in [-0.05, 0) is 24.3 Å². The fourth-order valence-corrected chi connectivity index (χ4v) is 2.81. The molecule has 10 heteroatoms. The molecule has 2 aromatic carbocycles. The third kappa shape index (κ3) is 4.32. The van der Waals surface area contributed by atoms with Crippen molar-refractivity contribution in [1.29, 1.82) is 0 Å². The predicted molar refractivity (Wildman–Crippen MR) is 107 cm³/mol. The Labute approximate surface area is 172 Å². The van der Waals surface area contributed by atoms with Crippen molar-refractivity contribution in [2.75, 3.05) is 31.4 Å². The predicted octanol–water partition coefficient (Wildman–Crippen LogP) is 2.33. The molecule has 1 aliphatic heterocycles. The van der Waals surface area contributed by atoms with Crippen molar-refractivity contribution < 1.29 is 23.7 Å². The number of carbonyl (C=O) groups is 1. The van der Waals surface area contributed by atoms with Crippen LogP contribution in [-0.4, -0.2) is 41.2 Å². The number of hydrogen-bond acceptors (Lipinski definition) is 10. The average Bonchev–Trinajstić information content (AvgIpc) is 2.77. The molecule has 0 amide bonds. The van der Waals surface area contributed by atoms with Gasteiger partial charge in [-0.2, -0.15) is 15.0 Å². The summed E-state index contributed by atoms with van der Waals surface area (Å²) < 4.78 is 21.7. The van der Waals surface area contributed by atoms with Gasteiger partial charge in [0.05, 0.1) is 12.7 Å². The molecule has 10 nitrogen and oxygen atoms in total. The van der Waals surface area contributed by atoms with Crippen molar-refractivity contribution >= 4 is 23.6 Å². The first-order valence-corrected chi connectivity index (χ1v) is 9.09. The summed E-state index contributed by atoms with van der Waals surface area (Å²) in [6.45, 7) is 0.606. The highest BCUT2D eigenvalue weighted by molar-refractivity contribution is 5.91. The van der Waals surface area contributed by atoms with E-state index in [1.165, 1.54) is 13.2 Å². The lowest BCUT2D eigenvalue weighted by atomic mass is 10.1. The van der Waals surface area contributed by atoms with Gasteiger partial charge in [-0.1, -0.05) is 18.2 Å². The van der Waals surface area contributed by atoms with Gasteiger partial charge in [-0.15, -0.1) is 0 Å². The number of benzene rings is 2. The molecule has 0 saturated heterocycles. The Bertz CT molecular complexity index is 1040. The van der Waals surface area contributed by atoms with Gasteiger partial charge in [0.15, 0.2) is 23.9 Å². The molecule has 0 bridgehead atoms. The van der Waals surface area contributed by atoms with Crippen molar-refractivity contribution in [3.8, 4) is 17.2 Å². The van der Waals surface area contributed by atoms with E-state index in [4.69, 9.17) is 24.7 Å². The van der Waals surface area contributed by atoms with Crippen LogP contribution >= 0.6 is 0 Å². The largest absolute Gasteiger partial charge is 0.493 e. The van der Waals surface area contributed by atoms with Gasteiger partial charge in [0.25, 0.3) is 0 Å². The molecule has 0 fully saturated rings. The van der Waals surface area contributed by atoms with Crippen LogP contribution < -0.4 is 25.3 Å². The maximum atomic E-state index is 12.5. The van der Waals surface area contributed by atoms with Gasteiger partial charge < -0.3 is 30.0 Å². The molecule has 0 spiro atoms. The van der Waals surface area contributed by atoms with Crippen LogP contribution in [0.2, 0.25) is 0 Å². The van der Waals surface area contributed by atoms with Crippen molar-refractivity contribution in [2.24, 2.45) is 0 Å². The van der Waals surface area contributed by atoms with Crippen LogP contribution in [0.1, 0.15) is 16.2 Å². The summed E-state index contributed by atoms with van der Waals surface area (Å²) in [6.07, 6.45) is 0. The SMILES string of the molecule is COc1cc(C(=O)OCc2nc(N)nc(Nc3ccccc3)n2)cc2c1OCCO2. The highest BCUT2D eigenvalue weighted by Crippen LogP contribution is 2.40. The van der Waals surface area contributed by atoms with Crippen LogP contribution in [0.5, 0.6) is 17.2 Å². The normalized spacial score (nSPS) is 12.2. The number of anilines is 3. The first kappa shape index (κ1) is 19.2. The zero-order valence-electron chi connectivity index (χ0n) is 16.1. The standard InChI is InChI=1S/C20H19N5O5/c1-27-14-9-12(10-15-17(14)29-8-7-28-15)18(26)30-11-16-23-19(21)25-20(24-16)22-13-5-3-2-4-6-13/h2-6,9-10H,7-8,11H2,1H3,(H3,21,22,23,24,25). The number of ether oxygens (including phenoxy) is 4. The molecule has 0 saturated carbocycles. The lowest BCUT2D eigenvalue weighted by Crippen LogP contribution is -2.17. The highest BCUT2D eigenvalue weighted by atomic mass is 16.6. The van der Waals surface area contributed by atoms with E-state index in [0.29, 0.717) is 30.5 Å². The van der Waals surface area contributed by atoms with Gasteiger partial charge in [0.1, 0.15) is 13.2 Å². The lowest BCUT2D eigenvalue weighted by molar-refractivity contribution is 0.0460. The smallest absolute Gasteiger partial charge is 0.338 e. The zero-order valence-corrected chi connectivity index (χ0v) is 16.1. The second-order valence-electron chi connectivity index (χ2n) is 6.20. The molecule has 3 aromatic rings. The summed E-state index contributed by atoms with van der Waals surface area (Å²) in [5, 5.41) is 3.02. The fraction of sp³-hybridized carbons (Fsp3) is 0.200. The van der Waals surface area contributed by atoms with E-state index in [1.807, 2.05) is 30.3 Å². The number of aromatic nitrogens is 3. The molecular formula is C20H19N5O5. The molecule has 0 unspecified atom stereocenters. The van der Waals surface area contributed by atoms with Gasteiger partial charge in [0.2, 0.25) is 17.6 Å². The van der Waals surface area contributed by atoms with Crippen LogP contribution in [0.15, 0.2) is 42.5 Å². The number of nitrogens with zero attached hydrogens (tertiary/aromatic N) is 3. The fourth-order valence-electron chi connectivity index (χ4n) is 2.81. The molecule has 1 aromatic heterocycles. The van der Waals surface area contributed by atoms with Crippen LogP contribution in [0, 0.1) is 0 Å². The van der Waals surface area contributed by atoms with Crippen molar-refractivity contribution in [3.63, 3.8) is 0 Å². The summed E-state index contributed by atoms with van der Waals surface area (Å²) in [7, 11) is 1.48. The van der Waals surface area contributed by atoms with Crippen LogP contribution in [0.4, 0.5) is 17.6 Å². The van der Waals surface area contributed by atoms with Crippen molar-refractivity contribution in [3.05, 3.63) is 53.9 Å². The number of nitrogens with one attached hydrogen (secondary N) is 1. The summed E-state index contributed by atoms with van der Waals surface area (Å²) in [5.74, 6) is 1.14. The number of methoxy groups -OCH3 is 1. The minimum Gasteiger partial charge on any atom is -0.493 e. The maximum Gasteiger partial charge on any atom is 0.338 e. The number of hydrogen-bond donors (Lipinski definition) is 2. The molecule has 0 radical (unpaired) electrons. The minimum atomic E-state index is -0.596. The molecule has 3 N–H and O–H groups in total. The Hall–Kier alpha value is -4.08. The topological polar surface area (TPSA) is 131 Å². The minimum absolute atomic E-state index is 0.00970.